The lowest BCUT2D eigenvalue weighted by Crippen LogP contribution is -2.46. The zero-order valence-corrected chi connectivity index (χ0v) is 44.4. The minimum absolute atomic E-state index is 0.0715. The summed E-state index contributed by atoms with van der Waals surface area (Å²) in [5, 5.41) is 24.9. The molecular formula is C58H70FN7O5S2. The van der Waals surface area contributed by atoms with Gasteiger partial charge in [0, 0.05) is 117 Å². The van der Waals surface area contributed by atoms with Crippen LogP contribution in [0.4, 0.5) is 27.1 Å². The third-order valence-corrected chi connectivity index (χ3v) is 17.8. The number of carbonyl (C=O) groups is 1. The first-order valence-corrected chi connectivity index (χ1v) is 28.1. The number of hydrogen-bond donors (Lipinski definition) is 4. The van der Waals surface area contributed by atoms with Gasteiger partial charge in [-0.3, -0.25) is 9.52 Å². The fourth-order valence-electron chi connectivity index (χ4n) is 10.4. The Morgan fingerprint density at radius 3 is 2.00 bits per heavy atom. The number of nitrogens with one attached hydrogen (secondary N) is 2. The highest BCUT2D eigenvalue weighted by Gasteiger charge is 2.35. The zero-order chi connectivity index (χ0) is 51.5. The number of aromatic nitrogens is 1. The minimum atomic E-state index is -3.88. The number of carbonyl (C=O) groups excluding carboxylic acids is 1. The Labute approximate surface area is 435 Å². The van der Waals surface area contributed by atoms with E-state index in [1.165, 1.54) is 17.0 Å². The number of benzene rings is 5. The first kappa shape index (κ1) is 52.0. The Bertz CT molecular complexity index is 2970. The number of amides is 1. The maximum absolute atomic E-state index is 14.5. The Hall–Kier alpha value is -5.84. The Kier molecular flexibility index (Phi) is 15.6. The van der Waals surface area contributed by atoms with Gasteiger partial charge in [-0.15, -0.1) is 11.8 Å². The van der Waals surface area contributed by atoms with E-state index < -0.39 is 21.2 Å². The second-order valence-corrected chi connectivity index (χ2v) is 23.6. The molecule has 5 aromatic carbocycles. The van der Waals surface area contributed by atoms with Gasteiger partial charge in [0.15, 0.2) is 0 Å². The Balaban J connectivity index is 0.843. The molecule has 73 heavy (non-hydrogen) atoms. The number of likely N-dealkylation sites (tertiary alicyclic amines) is 2. The molecule has 6 aromatic rings. The molecule has 3 fully saturated rings. The van der Waals surface area contributed by atoms with Crippen LogP contribution in [0.1, 0.15) is 67.6 Å². The third kappa shape index (κ3) is 12.4. The van der Waals surface area contributed by atoms with Gasteiger partial charge in [-0.05, 0) is 167 Å². The molecule has 15 heteroatoms. The Morgan fingerprint density at radius 1 is 0.726 bits per heavy atom. The number of thioether (sulfide) groups is 1. The van der Waals surface area contributed by atoms with Crippen LogP contribution in [0.3, 0.4) is 0 Å². The van der Waals surface area contributed by atoms with E-state index in [2.05, 4.69) is 61.1 Å². The molecule has 0 aliphatic carbocycles. The van der Waals surface area contributed by atoms with Crippen LogP contribution < -0.4 is 19.8 Å². The fourth-order valence-corrected chi connectivity index (χ4v) is 12.5. The van der Waals surface area contributed by atoms with E-state index in [1.807, 2.05) is 105 Å². The van der Waals surface area contributed by atoms with E-state index in [4.69, 9.17) is 0 Å². The highest BCUT2D eigenvalue weighted by molar-refractivity contribution is 7.99. The normalized spacial score (nSPS) is 17.6. The fraction of sp³-hybridized carbons (Fsp3) is 0.397. The SMILES string of the molecule is Cc1cc(S(=O)(=O)Nc2ccc(N3CCN(c4cccc(-c5c(C(=O)N6CCC(C)(O)CC6)c(C)n(C)c5-c5ccc(F)cc5)c4)CC3)cc2)ccc1N[C@H](CCN1CCC(C)(O)CC1)CSc1ccccc1. The summed E-state index contributed by atoms with van der Waals surface area (Å²) in [5.41, 5.74) is 7.69. The summed E-state index contributed by atoms with van der Waals surface area (Å²) in [7, 11) is -1.92. The van der Waals surface area contributed by atoms with Crippen molar-refractivity contribution in [2.24, 2.45) is 7.05 Å². The Morgan fingerprint density at radius 2 is 1.36 bits per heavy atom. The molecule has 0 unspecified atom stereocenters. The monoisotopic (exact) mass is 1030 g/mol. The van der Waals surface area contributed by atoms with Crippen LogP contribution in [0, 0.1) is 19.7 Å². The highest BCUT2D eigenvalue weighted by atomic mass is 32.2. The predicted molar refractivity (Wildman–Crippen MR) is 295 cm³/mol. The molecule has 3 aliphatic heterocycles. The molecule has 4 heterocycles. The standard InChI is InChI=1S/C58H70FN7O5S2/c1-41-38-51(22-23-52(41)60-47(40-72-50-12-7-6-8-13-50)24-29-63-30-25-57(3,68)26-31-63)73(70,71)61-46-18-20-48(21-19-46)64-34-36-65(37-35-64)49-11-9-10-44(39-49)54-53(56(67)66-32-27-58(4,69)28-33-66)42(2)62(5)55(54)43-14-16-45(59)17-15-43/h6-23,38-39,47,60-61,68-69H,24-37,40H2,1-5H3/t47-/m1/s1. The van der Waals surface area contributed by atoms with E-state index >= 15 is 0 Å². The first-order chi connectivity index (χ1) is 34.9. The zero-order valence-electron chi connectivity index (χ0n) is 42.8. The number of aryl methyl sites for hydroxylation is 1. The number of sulfonamides is 1. The molecule has 12 nitrogen and oxygen atoms in total. The maximum atomic E-state index is 14.5. The van der Waals surface area contributed by atoms with E-state index in [0.717, 1.165) is 122 Å². The molecular weight excluding hydrogens is 958 g/mol. The van der Waals surface area contributed by atoms with Crippen LogP contribution in [0.2, 0.25) is 0 Å². The van der Waals surface area contributed by atoms with E-state index in [9.17, 15) is 27.8 Å². The lowest BCUT2D eigenvalue weighted by molar-refractivity contribution is -0.00566. The number of rotatable bonds is 16. The van der Waals surface area contributed by atoms with Gasteiger partial charge in [-0.25, -0.2) is 12.8 Å². The number of halogens is 1. The third-order valence-electron chi connectivity index (χ3n) is 15.2. The molecule has 386 valence electrons. The molecule has 0 radical (unpaired) electrons. The van der Waals surface area contributed by atoms with Crippen molar-refractivity contribution in [2.75, 3.05) is 84.5 Å². The second kappa shape index (κ2) is 21.9. The maximum Gasteiger partial charge on any atom is 0.261 e. The molecule has 3 aliphatic rings. The van der Waals surface area contributed by atoms with E-state index in [0.29, 0.717) is 37.2 Å². The van der Waals surface area contributed by atoms with Crippen molar-refractivity contribution in [1.82, 2.24) is 14.4 Å². The lowest BCUT2D eigenvalue weighted by Gasteiger charge is -2.37. The summed E-state index contributed by atoms with van der Waals surface area (Å²) in [6.45, 7) is 14.2. The smallest absolute Gasteiger partial charge is 0.261 e. The van der Waals surface area contributed by atoms with Crippen LogP contribution in [-0.4, -0.2) is 121 Å². The van der Waals surface area contributed by atoms with Gasteiger partial charge in [0.25, 0.3) is 15.9 Å². The summed E-state index contributed by atoms with van der Waals surface area (Å²) in [5.74, 6) is 0.453. The van der Waals surface area contributed by atoms with Gasteiger partial charge < -0.3 is 39.7 Å². The van der Waals surface area contributed by atoms with Crippen molar-refractivity contribution in [3.05, 3.63) is 144 Å². The van der Waals surface area contributed by atoms with Gasteiger partial charge in [0.1, 0.15) is 5.82 Å². The number of anilines is 4. The van der Waals surface area contributed by atoms with Crippen LogP contribution >= 0.6 is 11.8 Å². The van der Waals surface area contributed by atoms with Crippen molar-refractivity contribution >= 4 is 50.4 Å². The van der Waals surface area contributed by atoms with Crippen molar-refractivity contribution < 1.29 is 27.8 Å². The van der Waals surface area contributed by atoms with Crippen LogP contribution in [-0.2, 0) is 17.1 Å². The number of aliphatic hydroxyl groups is 2. The summed E-state index contributed by atoms with van der Waals surface area (Å²) < 4.78 is 46.6. The van der Waals surface area contributed by atoms with Crippen molar-refractivity contribution in [2.45, 2.75) is 86.8 Å². The molecule has 0 bridgehead atoms. The molecule has 9 rings (SSSR count). The summed E-state index contributed by atoms with van der Waals surface area (Å²) in [4.78, 5) is 24.8. The molecule has 1 aromatic heterocycles. The average Bonchev–Trinajstić information content (AvgIpc) is 3.65. The highest BCUT2D eigenvalue weighted by Crippen LogP contribution is 2.41. The molecule has 0 spiro atoms. The van der Waals surface area contributed by atoms with Crippen LogP contribution in [0.25, 0.3) is 22.4 Å². The minimum Gasteiger partial charge on any atom is -0.390 e. The molecule has 3 saturated heterocycles. The van der Waals surface area contributed by atoms with Crippen molar-refractivity contribution in [1.29, 1.82) is 0 Å². The van der Waals surface area contributed by atoms with Gasteiger partial charge in [0.2, 0.25) is 0 Å². The molecule has 1 atom stereocenters. The van der Waals surface area contributed by atoms with Gasteiger partial charge in [-0.1, -0.05) is 30.3 Å². The van der Waals surface area contributed by atoms with Gasteiger partial charge in [0.05, 0.1) is 27.4 Å². The largest absolute Gasteiger partial charge is 0.390 e. The number of hydrogen-bond acceptors (Lipinski definition) is 10. The van der Waals surface area contributed by atoms with E-state index in [1.54, 1.807) is 24.3 Å². The van der Waals surface area contributed by atoms with Crippen LogP contribution in [0.15, 0.2) is 131 Å². The van der Waals surface area contributed by atoms with E-state index in [-0.39, 0.29) is 22.7 Å². The summed E-state index contributed by atoms with van der Waals surface area (Å²) in [6.07, 6.45) is 3.47. The number of nitrogens with zero attached hydrogens (tertiary/aromatic N) is 5. The van der Waals surface area contributed by atoms with Crippen molar-refractivity contribution in [3.8, 4) is 22.4 Å². The quantitative estimate of drug-likeness (QED) is 0.0695. The van der Waals surface area contributed by atoms with Gasteiger partial charge in [-0.2, -0.15) is 0 Å². The summed E-state index contributed by atoms with van der Waals surface area (Å²) >= 11 is 1.81. The van der Waals surface area contributed by atoms with Crippen molar-refractivity contribution in [3.63, 3.8) is 0 Å². The topological polar surface area (TPSA) is 134 Å². The second-order valence-electron chi connectivity index (χ2n) is 20.8. The molecule has 0 saturated carbocycles. The number of piperidine rings is 2. The summed E-state index contributed by atoms with van der Waals surface area (Å²) in [6, 6.07) is 38.1. The number of piperazine rings is 1. The molecule has 4 N–H and O–H groups in total. The molecule has 1 amide bonds. The predicted octanol–water partition coefficient (Wildman–Crippen LogP) is 10.0. The lowest BCUT2D eigenvalue weighted by atomic mass is 9.92. The van der Waals surface area contributed by atoms with Crippen LogP contribution in [0.5, 0.6) is 0 Å². The van der Waals surface area contributed by atoms with Gasteiger partial charge >= 0.3 is 0 Å². The first-order valence-electron chi connectivity index (χ1n) is 25.6. The average molecular weight is 1030 g/mol.